The van der Waals surface area contributed by atoms with Gasteiger partial charge in [-0.3, -0.25) is 14.4 Å². The zero-order valence-electron chi connectivity index (χ0n) is 15.2. The first-order valence-corrected chi connectivity index (χ1v) is 8.48. The summed E-state index contributed by atoms with van der Waals surface area (Å²) in [7, 11) is 0. The van der Waals surface area contributed by atoms with Crippen molar-refractivity contribution in [2.45, 2.75) is 20.4 Å². The van der Waals surface area contributed by atoms with Crippen LogP contribution in [0.2, 0.25) is 0 Å². The molecule has 0 fully saturated rings. The number of anilines is 1. The van der Waals surface area contributed by atoms with Crippen LogP contribution in [0.5, 0.6) is 11.5 Å². The van der Waals surface area contributed by atoms with Crippen molar-refractivity contribution in [3.63, 3.8) is 0 Å². The fourth-order valence-corrected chi connectivity index (χ4v) is 2.71. The van der Waals surface area contributed by atoms with Crippen molar-refractivity contribution in [1.29, 1.82) is 0 Å². The fraction of sp³-hybridized carbons (Fsp3) is 0.250. The summed E-state index contributed by atoms with van der Waals surface area (Å²) in [6.07, 6.45) is 0. The average molecular weight is 368 g/mol. The highest BCUT2D eigenvalue weighted by molar-refractivity contribution is 5.98. The molecule has 0 bridgehead atoms. The number of Topliss-reactive ketones (excluding diaryl/α,β-unsaturated/α-hetero) is 1. The molecule has 0 spiro atoms. The van der Waals surface area contributed by atoms with Gasteiger partial charge >= 0.3 is 0 Å². The van der Waals surface area contributed by atoms with Crippen molar-refractivity contribution < 1.29 is 23.9 Å². The third-order valence-corrected chi connectivity index (χ3v) is 4.19. The predicted octanol–water partition coefficient (Wildman–Crippen LogP) is 2.29. The predicted molar refractivity (Wildman–Crippen MR) is 98.9 cm³/mol. The summed E-state index contributed by atoms with van der Waals surface area (Å²) in [5.41, 5.74) is 1.98. The fourth-order valence-electron chi connectivity index (χ4n) is 2.71. The van der Waals surface area contributed by atoms with Gasteiger partial charge in [-0.1, -0.05) is 6.07 Å². The number of fused-ring (bicyclic) bond motifs is 1. The van der Waals surface area contributed by atoms with Crippen molar-refractivity contribution in [1.82, 2.24) is 5.32 Å². The number of carbonyl (C=O) groups excluding carboxylic acids is 3. The van der Waals surface area contributed by atoms with Crippen molar-refractivity contribution in [2.75, 3.05) is 18.2 Å². The number of carbonyl (C=O) groups is 3. The first-order chi connectivity index (χ1) is 12.9. The number of hydrogen-bond acceptors (Lipinski definition) is 5. The van der Waals surface area contributed by atoms with Crippen molar-refractivity contribution in [3.05, 3.63) is 53.6 Å². The van der Waals surface area contributed by atoms with Gasteiger partial charge in [-0.25, -0.2) is 0 Å². The Hall–Kier alpha value is -3.35. The summed E-state index contributed by atoms with van der Waals surface area (Å²) in [6, 6.07) is 12.0. The maximum atomic E-state index is 12.3. The van der Waals surface area contributed by atoms with Crippen LogP contribution in [0.4, 0.5) is 5.69 Å². The summed E-state index contributed by atoms with van der Waals surface area (Å²) < 4.78 is 10.6. The number of nitrogens with zero attached hydrogens (tertiary/aromatic N) is 1. The SMILES string of the molecule is CC(=O)c1ccc(N(CC(=O)NCc2ccc3c(c2)OCO3)C(C)=O)cc1. The minimum Gasteiger partial charge on any atom is -0.454 e. The Morgan fingerprint density at radius 1 is 1.00 bits per heavy atom. The second kappa shape index (κ2) is 7.90. The summed E-state index contributed by atoms with van der Waals surface area (Å²) >= 11 is 0. The quantitative estimate of drug-likeness (QED) is 0.791. The van der Waals surface area contributed by atoms with Gasteiger partial charge in [-0.15, -0.1) is 0 Å². The highest BCUT2D eigenvalue weighted by Crippen LogP contribution is 2.32. The van der Waals surface area contributed by atoms with E-state index in [1.54, 1.807) is 30.3 Å². The van der Waals surface area contributed by atoms with Gasteiger partial charge in [0.15, 0.2) is 17.3 Å². The molecular formula is C20H20N2O5. The molecule has 2 amide bonds. The van der Waals surface area contributed by atoms with Crippen LogP contribution in [-0.2, 0) is 16.1 Å². The van der Waals surface area contributed by atoms with E-state index in [-0.39, 0.29) is 30.9 Å². The second-order valence-corrected chi connectivity index (χ2v) is 6.17. The molecule has 7 heteroatoms. The van der Waals surface area contributed by atoms with Crippen LogP contribution in [-0.4, -0.2) is 30.9 Å². The van der Waals surface area contributed by atoms with E-state index in [1.807, 2.05) is 12.1 Å². The second-order valence-electron chi connectivity index (χ2n) is 6.17. The monoisotopic (exact) mass is 368 g/mol. The lowest BCUT2D eigenvalue weighted by atomic mass is 10.1. The molecule has 0 aliphatic carbocycles. The summed E-state index contributed by atoms with van der Waals surface area (Å²) in [5.74, 6) is 0.722. The molecule has 1 aliphatic rings. The normalized spacial score (nSPS) is 11.8. The minimum atomic E-state index is -0.293. The maximum Gasteiger partial charge on any atom is 0.240 e. The Balaban J connectivity index is 1.61. The Morgan fingerprint density at radius 3 is 2.37 bits per heavy atom. The largest absolute Gasteiger partial charge is 0.454 e. The minimum absolute atomic E-state index is 0.0580. The number of benzene rings is 2. The summed E-state index contributed by atoms with van der Waals surface area (Å²) in [6.45, 7) is 3.26. The molecule has 2 aromatic carbocycles. The standard InChI is InChI=1S/C20H20N2O5/c1-13(23)16-4-6-17(7-5-16)22(14(2)24)11-20(25)21-10-15-3-8-18-19(9-15)27-12-26-18/h3-9H,10-12H2,1-2H3,(H,21,25). The lowest BCUT2D eigenvalue weighted by Gasteiger charge is -2.21. The maximum absolute atomic E-state index is 12.3. The Labute approximate surface area is 156 Å². The Morgan fingerprint density at radius 2 is 1.70 bits per heavy atom. The van der Waals surface area contributed by atoms with Crippen LogP contribution < -0.4 is 19.7 Å². The molecule has 1 aliphatic heterocycles. The lowest BCUT2D eigenvalue weighted by molar-refractivity contribution is -0.123. The van der Waals surface area contributed by atoms with Crippen LogP contribution >= 0.6 is 0 Å². The number of ketones is 1. The van der Waals surface area contributed by atoms with E-state index in [2.05, 4.69) is 5.32 Å². The molecule has 0 aromatic heterocycles. The number of hydrogen-bond donors (Lipinski definition) is 1. The molecule has 2 aromatic rings. The van der Waals surface area contributed by atoms with E-state index < -0.39 is 0 Å². The van der Waals surface area contributed by atoms with Gasteiger partial charge in [-0.2, -0.15) is 0 Å². The molecule has 7 nitrogen and oxygen atoms in total. The van der Waals surface area contributed by atoms with Gasteiger partial charge in [-0.05, 0) is 48.9 Å². The highest BCUT2D eigenvalue weighted by atomic mass is 16.7. The first-order valence-electron chi connectivity index (χ1n) is 8.48. The van der Waals surface area contributed by atoms with E-state index in [9.17, 15) is 14.4 Å². The lowest BCUT2D eigenvalue weighted by Crippen LogP contribution is -2.39. The van der Waals surface area contributed by atoms with E-state index >= 15 is 0 Å². The molecule has 0 saturated carbocycles. The van der Waals surface area contributed by atoms with E-state index in [1.165, 1.54) is 18.7 Å². The molecule has 0 saturated heterocycles. The van der Waals surface area contributed by atoms with Gasteiger partial charge in [0.25, 0.3) is 0 Å². The van der Waals surface area contributed by atoms with Gasteiger partial charge in [0.05, 0.1) is 0 Å². The Kier molecular flexibility index (Phi) is 5.40. The highest BCUT2D eigenvalue weighted by Gasteiger charge is 2.17. The van der Waals surface area contributed by atoms with Crippen molar-refractivity contribution in [3.8, 4) is 11.5 Å². The van der Waals surface area contributed by atoms with E-state index in [4.69, 9.17) is 9.47 Å². The van der Waals surface area contributed by atoms with Crippen molar-refractivity contribution >= 4 is 23.3 Å². The molecule has 1 heterocycles. The zero-order chi connectivity index (χ0) is 19.4. The molecular weight excluding hydrogens is 348 g/mol. The average Bonchev–Trinajstić information content (AvgIpc) is 3.12. The number of rotatable bonds is 6. The van der Waals surface area contributed by atoms with Crippen molar-refractivity contribution in [2.24, 2.45) is 0 Å². The van der Waals surface area contributed by atoms with Crippen LogP contribution in [0.15, 0.2) is 42.5 Å². The third kappa shape index (κ3) is 4.44. The molecule has 1 N–H and O–H groups in total. The molecule has 140 valence electrons. The van der Waals surface area contributed by atoms with Crippen LogP contribution in [0.25, 0.3) is 0 Å². The van der Waals surface area contributed by atoms with E-state index in [0.717, 1.165) is 5.56 Å². The topological polar surface area (TPSA) is 84.9 Å². The summed E-state index contributed by atoms with van der Waals surface area (Å²) in [5, 5.41) is 2.79. The molecule has 0 atom stereocenters. The first kappa shape index (κ1) is 18.4. The molecule has 0 unspecified atom stereocenters. The van der Waals surface area contributed by atoms with Crippen LogP contribution in [0.3, 0.4) is 0 Å². The van der Waals surface area contributed by atoms with Crippen LogP contribution in [0.1, 0.15) is 29.8 Å². The Bertz CT molecular complexity index is 876. The number of amides is 2. The van der Waals surface area contributed by atoms with Crippen LogP contribution in [0, 0.1) is 0 Å². The molecule has 3 rings (SSSR count). The van der Waals surface area contributed by atoms with E-state index in [0.29, 0.717) is 29.3 Å². The number of nitrogens with one attached hydrogen (secondary N) is 1. The van der Waals surface area contributed by atoms with Gasteiger partial charge in [0.2, 0.25) is 18.6 Å². The van der Waals surface area contributed by atoms with Gasteiger partial charge in [0, 0.05) is 24.7 Å². The van der Waals surface area contributed by atoms with Gasteiger partial charge < -0.3 is 19.7 Å². The molecule has 27 heavy (non-hydrogen) atoms. The van der Waals surface area contributed by atoms with Gasteiger partial charge in [0.1, 0.15) is 6.54 Å². The molecule has 0 radical (unpaired) electrons. The number of ether oxygens (including phenoxy) is 2. The summed E-state index contributed by atoms with van der Waals surface area (Å²) in [4.78, 5) is 37.0. The smallest absolute Gasteiger partial charge is 0.240 e. The zero-order valence-corrected chi connectivity index (χ0v) is 15.2. The third-order valence-electron chi connectivity index (χ3n) is 4.19.